The maximum atomic E-state index is 13.4. The maximum absolute atomic E-state index is 13.4. The topological polar surface area (TPSA) is 101 Å². The molecule has 1 saturated heterocycles. The number of tetrazole rings is 1. The van der Waals surface area contributed by atoms with Gasteiger partial charge >= 0.3 is 0 Å². The van der Waals surface area contributed by atoms with Crippen molar-refractivity contribution in [3.8, 4) is 5.75 Å². The number of pyridine rings is 1. The molecule has 0 aliphatic carbocycles. The lowest BCUT2D eigenvalue weighted by Gasteiger charge is -2.38. The van der Waals surface area contributed by atoms with Gasteiger partial charge in [-0.2, -0.15) is 0 Å². The Labute approximate surface area is 215 Å². The van der Waals surface area contributed by atoms with Gasteiger partial charge in [0.15, 0.2) is 5.82 Å². The average molecular weight is 504 g/mol. The second-order valence-corrected chi connectivity index (χ2v) is 9.19. The number of benzene rings is 2. The van der Waals surface area contributed by atoms with Gasteiger partial charge in [0.05, 0.1) is 19.8 Å². The summed E-state index contributed by atoms with van der Waals surface area (Å²) in [6.07, 6.45) is 0. The Balaban J connectivity index is 1.48. The van der Waals surface area contributed by atoms with Crippen molar-refractivity contribution in [3.05, 3.63) is 81.9 Å². The molecule has 3 heterocycles. The Kier molecular flexibility index (Phi) is 7.88. The van der Waals surface area contributed by atoms with E-state index in [4.69, 9.17) is 9.47 Å². The Morgan fingerprint density at radius 3 is 2.62 bits per heavy atom. The summed E-state index contributed by atoms with van der Waals surface area (Å²) in [5.74, 6) is 1.41. The summed E-state index contributed by atoms with van der Waals surface area (Å²) in [4.78, 5) is 21.2. The van der Waals surface area contributed by atoms with Crippen LogP contribution in [-0.4, -0.2) is 81.5 Å². The van der Waals surface area contributed by atoms with Gasteiger partial charge in [-0.1, -0.05) is 30.3 Å². The predicted octanol–water partition coefficient (Wildman–Crippen LogP) is 2.47. The number of fused-ring (bicyclic) bond motifs is 1. The molecule has 1 fully saturated rings. The number of hydrogen-bond acceptors (Lipinski definition) is 8. The van der Waals surface area contributed by atoms with Crippen LogP contribution >= 0.6 is 0 Å². The van der Waals surface area contributed by atoms with E-state index in [9.17, 15) is 4.79 Å². The minimum absolute atomic E-state index is 0.144. The normalized spacial score (nSPS) is 15.7. The van der Waals surface area contributed by atoms with Crippen molar-refractivity contribution in [3.63, 3.8) is 0 Å². The summed E-state index contributed by atoms with van der Waals surface area (Å²) in [7, 11) is 1.65. The van der Waals surface area contributed by atoms with E-state index in [1.165, 1.54) is 5.56 Å². The fraction of sp³-hybridized carbons (Fsp3) is 0.407. The highest BCUT2D eigenvalue weighted by Crippen LogP contribution is 2.29. The number of ether oxygens (including phenoxy) is 2. The SMILES string of the molecule is CCOc1ccc2[nH]c(=O)c(C(c3nnnn3CCOC)N3CCN(Cc4ccccc4)CC3)cc2c1. The van der Waals surface area contributed by atoms with Crippen molar-refractivity contribution < 1.29 is 9.47 Å². The molecule has 0 saturated carbocycles. The lowest BCUT2D eigenvalue weighted by molar-refractivity contribution is 0.0984. The lowest BCUT2D eigenvalue weighted by atomic mass is 10.0. The second-order valence-electron chi connectivity index (χ2n) is 9.19. The van der Waals surface area contributed by atoms with Gasteiger partial charge in [0.25, 0.3) is 5.56 Å². The van der Waals surface area contributed by atoms with E-state index in [0.29, 0.717) is 31.1 Å². The number of aromatic nitrogens is 5. The second kappa shape index (κ2) is 11.6. The van der Waals surface area contributed by atoms with E-state index < -0.39 is 6.04 Å². The summed E-state index contributed by atoms with van der Waals surface area (Å²) in [5.41, 5.74) is 2.54. The van der Waals surface area contributed by atoms with Crippen molar-refractivity contribution in [2.75, 3.05) is 46.5 Å². The first kappa shape index (κ1) is 25.1. The molecular weight excluding hydrogens is 470 g/mol. The molecule has 37 heavy (non-hydrogen) atoms. The largest absolute Gasteiger partial charge is 0.494 e. The molecule has 1 atom stereocenters. The van der Waals surface area contributed by atoms with Gasteiger partial charge in [0, 0.05) is 56.3 Å². The number of methoxy groups -OCH3 is 1. The van der Waals surface area contributed by atoms with Gasteiger partial charge in [0.2, 0.25) is 0 Å². The van der Waals surface area contributed by atoms with Gasteiger partial charge < -0.3 is 14.5 Å². The van der Waals surface area contributed by atoms with Crippen LogP contribution in [0.25, 0.3) is 10.9 Å². The molecule has 1 aliphatic rings. The summed E-state index contributed by atoms with van der Waals surface area (Å²) in [6, 6.07) is 17.8. The molecule has 0 spiro atoms. The molecule has 5 rings (SSSR count). The Morgan fingerprint density at radius 2 is 1.86 bits per heavy atom. The van der Waals surface area contributed by atoms with Crippen LogP contribution in [0.1, 0.15) is 29.9 Å². The first-order valence-electron chi connectivity index (χ1n) is 12.7. The fourth-order valence-corrected chi connectivity index (χ4v) is 4.93. The lowest BCUT2D eigenvalue weighted by Crippen LogP contribution is -2.48. The van der Waals surface area contributed by atoms with Crippen LogP contribution in [0.15, 0.2) is 59.4 Å². The highest BCUT2D eigenvalue weighted by molar-refractivity contribution is 5.80. The van der Waals surface area contributed by atoms with Crippen LogP contribution in [0.4, 0.5) is 0 Å². The van der Waals surface area contributed by atoms with Crippen LogP contribution < -0.4 is 10.3 Å². The van der Waals surface area contributed by atoms with Crippen molar-refractivity contribution in [2.45, 2.75) is 26.1 Å². The average Bonchev–Trinajstić information content (AvgIpc) is 3.38. The zero-order chi connectivity index (χ0) is 25.6. The highest BCUT2D eigenvalue weighted by atomic mass is 16.5. The molecule has 2 aromatic heterocycles. The van der Waals surface area contributed by atoms with Crippen LogP contribution in [-0.2, 0) is 17.8 Å². The number of hydrogen-bond donors (Lipinski definition) is 1. The zero-order valence-corrected chi connectivity index (χ0v) is 21.3. The van der Waals surface area contributed by atoms with E-state index in [-0.39, 0.29) is 5.56 Å². The summed E-state index contributed by atoms with van der Waals surface area (Å²) < 4.78 is 12.7. The zero-order valence-electron chi connectivity index (χ0n) is 21.3. The summed E-state index contributed by atoms with van der Waals surface area (Å²) in [6.45, 7) is 7.74. The molecule has 2 aromatic carbocycles. The van der Waals surface area contributed by atoms with Gasteiger partial charge in [-0.3, -0.25) is 14.6 Å². The molecular formula is C27H33N7O3. The van der Waals surface area contributed by atoms with Crippen LogP contribution in [0.5, 0.6) is 5.75 Å². The van der Waals surface area contributed by atoms with Crippen molar-refractivity contribution in [2.24, 2.45) is 0 Å². The highest BCUT2D eigenvalue weighted by Gasteiger charge is 2.32. The number of nitrogens with one attached hydrogen (secondary N) is 1. The van der Waals surface area contributed by atoms with E-state index in [1.54, 1.807) is 11.8 Å². The van der Waals surface area contributed by atoms with Crippen LogP contribution in [0.2, 0.25) is 0 Å². The minimum atomic E-state index is -0.394. The molecule has 194 valence electrons. The van der Waals surface area contributed by atoms with Crippen molar-refractivity contribution in [1.29, 1.82) is 0 Å². The van der Waals surface area contributed by atoms with Crippen LogP contribution in [0, 0.1) is 0 Å². The predicted molar refractivity (Wildman–Crippen MR) is 141 cm³/mol. The van der Waals surface area contributed by atoms with Crippen LogP contribution in [0.3, 0.4) is 0 Å². The van der Waals surface area contributed by atoms with E-state index in [2.05, 4.69) is 54.6 Å². The summed E-state index contributed by atoms with van der Waals surface area (Å²) >= 11 is 0. The molecule has 0 bridgehead atoms. The Bertz CT molecular complexity index is 1360. The van der Waals surface area contributed by atoms with E-state index in [1.807, 2.05) is 37.3 Å². The Hall–Kier alpha value is -3.60. The molecule has 1 aliphatic heterocycles. The molecule has 10 heteroatoms. The minimum Gasteiger partial charge on any atom is -0.494 e. The van der Waals surface area contributed by atoms with Gasteiger partial charge in [0.1, 0.15) is 11.8 Å². The number of piperazine rings is 1. The third-order valence-electron chi connectivity index (χ3n) is 6.78. The fourth-order valence-electron chi connectivity index (χ4n) is 4.93. The first-order chi connectivity index (χ1) is 18.2. The molecule has 4 aromatic rings. The molecule has 10 nitrogen and oxygen atoms in total. The molecule has 1 unspecified atom stereocenters. The third kappa shape index (κ3) is 5.71. The van der Waals surface area contributed by atoms with Gasteiger partial charge in [-0.05, 0) is 47.2 Å². The van der Waals surface area contributed by atoms with Crippen molar-refractivity contribution in [1.82, 2.24) is 35.0 Å². The smallest absolute Gasteiger partial charge is 0.253 e. The first-order valence-corrected chi connectivity index (χ1v) is 12.7. The van der Waals surface area contributed by atoms with Crippen molar-refractivity contribution >= 4 is 10.9 Å². The van der Waals surface area contributed by atoms with E-state index in [0.717, 1.165) is 49.4 Å². The van der Waals surface area contributed by atoms with Gasteiger partial charge in [-0.25, -0.2) is 4.68 Å². The molecule has 0 radical (unpaired) electrons. The quantitative estimate of drug-likeness (QED) is 0.352. The summed E-state index contributed by atoms with van der Waals surface area (Å²) in [5, 5.41) is 13.5. The standard InChI is InChI=1S/C27H33N7O3/c1-3-37-22-9-10-24-21(17-22)18-23(27(35)28-24)25(26-29-30-31-34(26)15-16-36-2)33-13-11-32(12-14-33)19-20-7-5-4-6-8-20/h4-10,17-18,25H,3,11-16,19H2,1-2H3,(H,28,35). The number of nitrogens with zero attached hydrogens (tertiary/aromatic N) is 6. The number of aromatic amines is 1. The van der Waals surface area contributed by atoms with Gasteiger partial charge in [-0.15, -0.1) is 5.10 Å². The molecule has 1 N–H and O–H groups in total. The Morgan fingerprint density at radius 1 is 1.05 bits per heavy atom. The number of rotatable bonds is 10. The third-order valence-corrected chi connectivity index (χ3v) is 6.78. The number of H-pyrrole nitrogens is 1. The maximum Gasteiger partial charge on any atom is 0.253 e. The van der Waals surface area contributed by atoms with E-state index >= 15 is 0 Å². The molecule has 0 amide bonds. The monoisotopic (exact) mass is 503 g/mol.